The summed E-state index contributed by atoms with van der Waals surface area (Å²) in [6.45, 7) is 6.09. The highest BCUT2D eigenvalue weighted by molar-refractivity contribution is 7.18. The van der Waals surface area contributed by atoms with Crippen LogP contribution in [-0.4, -0.2) is 66.0 Å². The largest absolute Gasteiger partial charge is 0.496 e. The van der Waals surface area contributed by atoms with Gasteiger partial charge in [0.05, 0.1) is 30.6 Å². The Morgan fingerprint density at radius 3 is 2.80 bits per heavy atom. The number of hydrogen-bond acceptors (Lipinski definition) is 8. The summed E-state index contributed by atoms with van der Waals surface area (Å²) in [7, 11) is 1.52. The minimum Gasteiger partial charge on any atom is -0.496 e. The first kappa shape index (κ1) is 30.6. The Labute approximate surface area is 265 Å². The van der Waals surface area contributed by atoms with Gasteiger partial charge in [-0.05, 0) is 72.7 Å². The number of likely N-dealkylation sites (tertiary alicyclic amines) is 1. The summed E-state index contributed by atoms with van der Waals surface area (Å²) in [5.74, 6) is -0.165. The SMILES string of the molecule is C=CC(=O)N1CCC(CO)(N=C/C(=C\N)c2nc(-c3ccc4c(c3)CCNC4)c3ccsc3c2-c2ccc(F)cc2OC)CC1. The number of nitrogens with zero attached hydrogens (tertiary/aromatic N) is 3. The summed E-state index contributed by atoms with van der Waals surface area (Å²) < 4.78 is 21.0. The highest BCUT2D eigenvalue weighted by atomic mass is 32.1. The second-order valence-electron chi connectivity index (χ2n) is 11.4. The van der Waals surface area contributed by atoms with Crippen molar-refractivity contribution < 1.29 is 19.0 Å². The molecule has 45 heavy (non-hydrogen) atoms. The number of piperidine rings is 1. The third-order valence-corrected chi connectivity index (χ3v) is 9.74. The lowest BCUT2D eigenvalue weighted by Gasteiger charge is -2.37. The Morgan fingerprint density at radius 1 is 1.24 bits per heavy atom. The van der Waals surface area contributed by atoms with Gasteiger partial charge in [-0.2, -0.15) is 0 Å². The lowest BCUT2D eigenvalue weighted by Crippen LogP contribution is -2.47. The Bertz CT molecular complexity index is 1820. The van der Waals surface area contributed by atoms with E-state index in [1.54, 1.807) is 28.5 Å². The van der Waals surface area contributed by atoms with Gasteiger partial charge in [0.2, 0.25) is 5.91 Å². The number of hydrogen-bond donors (Lipinski definition) is 3. The average Bonchev–Trinajstić information content (AvgIpc) is 3.58. The molecule has 10 heteroatoms. The molecule has 0 spiro atoms. The van der Waals surface area contributed by atoms with Crippen LogP contribution in [0.4, 0.5) is 4.39 Å². The molecule has 2 aromatic carbocycles. The number of aromatic nitrogens is 1. The van der Waals surface area contributed by atoms with E-state index in [2.05, 4.69) is 36.2 Å². The van der Waals surface area contributed by atoms with E-state index in [9.17, 15) is 14.3 Å². The van der Waals surface area contributed by atoms with Crippen molar-refractivity contribution >= 4 is 39.1 Å². The molecule has 6 rings (SSSR count). The van der Waals surface area contributed by atoms with E-state index in [0.717, 1.165) is 46.4 Å². The van der Waals surface area contributed by atoms with Gasteiger partial charge in [-0.15, -0.1) is 11.3 Å². The fourth-order valence-electron chi connectivity index (χ4n) is 6.19. The summed E-state index contributed by atoms with van der Waals surface area (Å²) in [4.78, 5) is 24.0. The zero-order valence-electron chi connectivity index (χ0n) is 25.2. The molecule has 4 heterocycles. The molecule has 0 atom stereocenters. The second kappa shape index (κ2) is 12.9. The number of fused-ring (bicyclic) bond motifs is 2. The Kier molecular flexibility index (Phi) is 8.80. The molecule has 4 N–H and O–H groups in total. The number of halogens is 1. The van der Waals surface area contributed by atoms with E-state index in [1.165, 1.54) is 42.6 Å². The lowest BCUT2D eigenvalue weighted by atomic mass is 9.88. The highest BCUT2D eigenvalue weighted by Crippen LogP contribution is 2.45. The fourth-order valence-corrected chi connectivity index (χ4v) is 7.15. The molecule has 2 aromatic heterocycles. The number of ether oxygens (including phenoxy) is 1. The van der Waals surface area contributed by atoms with Crippen molar-refractivity contribution in [2.24, 2.45) is 10.7 Å². The van der Waals surface area contributed by atoms with Crippen molar-refractivity contribution in [1.29, 1.82) is 0 Å². The van der Waals surface area contributed by atoms with E-state index in [-0.39, 0.29) is 12.5 Å². The minimum absolute atomic E-state index is 0.134. The van der Waals surface area contributed by atoms with Gasteiger partial charge < -0.3 is 25.8 Å². The van der Waals surface area contributed by atoms with Gasteiger partial charge in [-0.3, -0.25) is 9.79 Å². The average molecular weight is 626 g/mol. The molecular weight excluding hydrogens is 589 g/mol. The predicted molar refractivity (Wildman–Crippen MR) is 179 cm³/mol. The number of carbonyl (C=O) groups excluding carboxylic acids is 1. The Hall–Kier alpha value is -4.38. The predicted octanol–water partition coefficient (Wildman–Crippen LogP) is 5.33. The van der Waals surface area contributed by atoms with Crippen molar-refractivity contribution in [1.82, 2.24) is 15.2 Å². The molecule has 0 bridgehead atoms. The molecule has 2 aliphatic heterocycles. The number of aliphatic hydroxyl groups is 1. The number of allylic oxidation sites excluding steroid dienone is 1. The number of benzene rings is 2. The smallest absolute Gasteiger partial charge is 0.245 e. The van der Waals surface area contributed by atoms with Crippen LogP contribution in [0.1, 0.15) is 29.7 Å². The van der Waals surface area contributed by atoms with Crippen molar-refractivity contribution in [3.8, 4) is 28.1 Å². The molecule has 1 amide bonds. The molecule has 2 aliphatic rings. The van der Waals surface area contributed by atoms with Crippen molar-refractivity contribution in [2.45, 2.75) is 31.3 Å². The zero-order valence-corrected chi connectivity index (χ0v) is 26.0. The first-order valence-electron chi connectivity index (χ1n) is 15.0. The molecular formula is C35H36FN5O3S. The lowest BCUT2D eigenvalue weighted by molar-refractivity contribution is -0.127. The minimum atomic E-state index is -0.775. The van der Waals surface area contributed by atoms with Gasteiger partial charge in [0.15, 0.2) is 0 Å². The summed E-state index contributed by atoms with van der Waals surface area (Å²) in [5.41, 5.74) is 12.5. The van der Waals surface area contributed by atoms with Crippen LogP contribution in [0.15, 0.2) is 71.7 Å². The maximum Gasteiger partial charge on any atom is 0.245 e. The quantitative estimate of drug-likeness (QED) is 0.180. The van der Waals surface area contributed by atoms with Crippen LogP contribution < -0.4 is 15.8 Å². The molecule has 0 radical (unpaired) electrons. The maximum atomic E-state index is 14.4. The van der Waals surface area contributed by atoms with Crippen molar-refractivity contribution in [3.63, 3.8) is 0 Å². The van der Waals surface area contributed by atoms with E-state index >= 15 is 0 Å². The van der Waals surface area contributed by atoms with Crippen LogP contribution in [0.25, 0.3) is 38.0 Å². The summed E-state index contributed by atoms with van der Waals surface area (Å²) in [6, 6.07) is 13.0. The van der Waals surface area contributed by atoms with Gasteiger partial charge in [-0.1, -0.05) is 18.7 Å². The number of amides is 1. The number of pyridine rings is 1. The number of rotatable bonds is 8. The Morgan fingerprint density at radius 2 is 2.07 bits per heavy atom. The number of carbonyl (C=O) groups is 1. The first-order chi connectivity index (χ1) is 21.9. The van der Waals surface area contributed by atoms with Crippen LogP contribution in [0.5, 0.6) is 5.75 Å². The Balaban J connectivity index is 1.51. The number of thiophene rings is 1. The first-order valence-corrected chi connectivity index (χ1v) is 15.9. The standard InChI is InChI=1S/C35H36FN5O3S/c1-3-30(43)41-13-10-35(21-42,11-14-41)39-20-25(18-37)33-31(27-7-6-26(36)17-29(27)44-2)34-28(9-15-45-34)32(40-33)23-4-5-24-19-38-12-8-22(24)16-23/h3-7,9,15-18,20,38,42H,1,8,10-14,19,21,37H2,2H3/b25-18+,39-20?. The van der Waals surface area contributed by atoms with Crippen LogP contribution in [0.2, 0.25) is 0 Å². The summed E-state index contributed by atoms with van der Waals surface area (Å²) in [6.07, 6.45) is 6.36. The fraction of sp³-hybridized carbons (Fsp3) is 0.286. The number of aliphatic imine (C=N–C) groups is 1. The molecule has 0 aliphatic carbocycles. The topological polar surface area (TPSA) is 113 Å². The zero-order chi connectivity index (χ0) is 31.6. The van der Waals surface area contributed by atoms with Gasteiger partial charge in [0, 0.05) is 70.5 Å². The van der Waals surface area contributed by atoms with Crippen molar-refractivity contribution in [2.75, 3.05) is 33.4 Å². The third kappa shape index (κ3) is 5.88. The van der Waals surface area contributed by atoms with E-state index in [4.69, 9.17) is 20.4 Å². The maximum absolute atomic E-state index is 14.4. The monoisotopic (exact) mass is 625 g/mol. The van der Waals surface area contributed by atoms with E-state index < -0.39 is 11.4 Å². The number of nitrogens with one attached hydrogen (secondary N) is 1. The molecule has 0 saturated carbocycles. The highest BCUT2D eigenvalue weighted by Gasteiger charge is 2.34. The van der Waals surface area contributed by atoms with Gasteiger partial charge in [-0.25, -0.2) is 9.37 Å². The molecule has 1 fully saturated rings. The number of methoxy groups -OCH3 is 1. The third-order valence-electron chi connectivity index (χ3n) is 8.81. The molecule has 1 saturated heterocycles. The normalized spacial score (nSPS) is 16.6. The summed E-state index contributed by atoms with van der Waals surface area (Å²) in [5, 5.41) is 16.9. The van der Waals surface area contributed by atoms with Gasteiger partial charge >= 0.3 is 0 Å². The number of aliphatic hydroxyl groups excluding tert-OH is 1. The van der Waals surface area contributed by atoms with Crippen LogP contribution in [0.3, 0.4) is 0 Å². The van der Waals surface area contributed by atoms with E-state index in [0.29, 0.717) is 48.5 Å². The van der Waals surface area contributed by atoms with Crippen LogP contribution >= 0.6 is 11.3 Å². The molecule has 0 unspecified atom stereocenters. The molecule has 232 valence electrons. The molecule has 4 aromatic rings. The molecule has 8 nitrogen and oxygen atoms in total. The van der Waals surface area contributed by atoms with Crippen LogP contribution in [0, 0.1) is 5.82 Å². The van der Waals surface area contributed by atoms with E-state index in [1.807, 2.05) is 5.38 Å². The van der Waals surface area contributed by atoms with Crippen LogP contribution in [-0.2, 0) is 17.8 Å². The van der Waals surface area contributed by atoms with Gasteiger partial charge in [0.25, 0.3) is 0 Å². The van der Waals surface area contributed by atoms with Gasteiger partial charge in [0.1, 0.15) is 11.6 Å². The number of nitrogens with two attached hydrogens (primary N) is 1. The second-order valence-corrected chi connectivity index (χ2v) is 12.3. The summed E-state index contributed by atoms with van der Waals surface area (Å²) >= 11 is 1.57. The van der Waals surface area contributed by atoms with Crippen molar-refractivity contribution in [3.05, 3.63) is 89.3 Å².